The summed E-state index contributed by atoms with van der Waals surface area (Å²) in [6.07, 6.45) is 1.02. The van der Waals surface area contributed by atoms with E-state index in [9.17, 15) is 21.2 Å². The van der Waals surface area contributed by atoms with Gasteiger partial charge in [-0.25, -0.2) is 26.4 Å². The fraction of sp³-hybridized carbons (Fsp3) is 0.333. The number of rotatable bonds is 5. The average Bonchev–Trinajstić information content (AvgIpc) is 2.17. The Hall–Kier alpha value is -1.19. The van der Waals surface area contributed by atoms with Crippen molar-refractivity contribution < 1.29 is 26.0 Å². The van der Waals surface area contributed by atoms with Crippen LogP contribution in [-0.4, -0.2) is 35.5 Å². The van der Waals surface area contributed by atoms with Crippen LogP contribution in [0.15, 0.2) is 23.1 Å². The van der Waals surface area contributed by atoms with Crippen molar-refractivity contribution in [1.29, 1.82) is 0 Å². The van der Waals surface area contributed by atoms with Crippen molar-refractivity contribution in [2.45, 2.75) is 4.90 Å². The van der Waals surface area contributed by atoms with E-state index in [0.29, 0.717) is 6.07 Å². The van der Waals surface area contributed by atoms with Crippen molar-refractivity contribution in [2.24, 2.45) is 5.14 Å². The van der Waals surface area contributed by atoms with Crippen LogP contribution in [0.3, 0.4) is 0 Å². The minimum atomic E-state index is -3.98. The van der Waals surface area contributed by atoms with Gasteiger partial charge in [-0.2, -0.15) is 0 Å². The number of ether oxygens (including phenoxy) is 1. The lowest BCUT2D eigenvalue weighted by Gasteiger charge is -2.07. The van der Waals surface area contributed by atoms with E-state index < -0.39 is 25.7 Å². The highest BCUT2D eigenvalue weighted by atomic mass is 32.2. The van der Waals surface area contributed by atoms with Crippen LogP contribution in [0, 0.1) is 5.82 Å². The monoisotopic (exact) mass is 297 g/mol. The molecule has 0 fully saturated rings. The highest BCUT2D eigenvalue weighted by Gasteiger charge is 2.12. The molecule has 1 aromatic carbocycles. The van der Waals surface area contributed by atoms with Crippen LogP contribution in [0.1, 0.15) is 0 Å². The number of hydrogen-bond donors (Lipinski definition) is 1. The Morgan fingerprint density at radius 3 is 2.33 bits per heavy atom. The molecule has 18 heavy (non-hydrogen) atoms. The number of hydrogen-bond acceptors (Lipinski definition) is 5. The van der Waals surface area contributed by atoms with Gasteiger partial charge in [0.05, 0.1) is 10.6 Å². The summed E-state index contributed by atoms with van der Waals surface area (Å²) < 4.78 is 61.8. The molecular formula is C9H12FNO5S2. The van der Waals surface area contributed by atoms with E-state index >= 15 is 0 Å². The van der Waals surface area contributed by atoms with Gasteiger partial charge < -0.3 is 4.74 Å². The fourth-order valence-electron chi connectivity index (χ4n) is 1.08. The van der Waals surface area contributed by atoms with Gasteiger partial charge in [-0.15, -0.1) is 0 Å². The van der Waals surface area contributed by atoms with E-state index in [2.05, 4.69) is 0 Å². The number of primary sulfonamides is 1. The molecule has 0 unspecified atom stereocenters. The molecule has 1 aromatic rings. The smallest absolute Gasteiger partial charge is 0.238 e. The van der Waals surface area contributed by atoms with Crippen LogP contribution in [0.5, 0.6) is 5.75 Å². The second-order valence-electron chi connectivity index (χ2n) is 3.62. The van der Waals surface area contributed by atoms with Gasteiger partial charge in [0.2, 0.25) is 10.0 Å². The van der Waals surface area contributed by atoms with Gasteiger partial charge in [0.15, 0.2) is 21.4 Å². The lowest BCUT2D eigenvalue weighted by atomic mass is 10.3. The quantitative estimate of drug-likeness (QED) is 0.817. The second-order valence-corrected chi connectivity index (χ2v) is 7.44. The van der Waals surface area contributed by atoms with Crippen molar-refractivity contribution in [3.8, 4) is 5.75 Å². The summed E-state index contributed by atoms with van der Waals surface area (Å²) in [7, 11) is -7.18. The predicted octanol–water partition coefficient (Wildman–Crippen LogP) is -0.103. The molecule has 0 aromatic heterocycles. The van der Waals surface area contributed by atoms with Gasteiger partial charge in [0.1, 0.15) is 6.61 Å². The van der Waals surface area contributed by atoms with Crippen LogP contribution in [-0.2, 0) is 19.9 Å². The van der Waals surface area contributed by atoms with E-state index in [-0.39, 0.29) is 23.0 Å². The van der Waals surface area contributed by atoms with Gasteiger partial charge in [0.25, 0.3) is 0 Å². The zero-order chi connectivity index (χ0) is 14.0. The molecule has 9 heteroatoms. The third kappa shape index (κ3) is 4.59. The molecule has 0 spiro atoms. The van der Waals surface area contributed by atoms with E-state index in [0.717, 1.165) is 18.4 Å². The normalized spacial score (nSPS) is 12.4. The molecule has 6 nitrogen and oxygen atoms in total. The summed E-state index contributed by atoms with van der Waals surface area (Å²) >= 11 is 0. The largest absolute Gasteiger partial charge is 0.489 e. The standard InChI is InChI=1S/C9H12FNO5S2/c1-17(12,13)5-4-16-9-3-2-7(6-8(9)10)18(11,14)15/h2-3,6H,4-5H2,1H3,(H2,11,14,15). The van der Waals surface area contributed by atoms with Crippen molar-refractivity contribution in [1.82, 2.24) is 0 Å². The lowest BCUT2D eigenvalue weighted by molar-refractivity contribution is 0.322. The molecule has 2 N–H and O–H groups in total. The molecule has 1 rings (SSSR count). The zero-order valence-corrected chi connectivity index (χ0v) is 11.1. The number of sulfonamides is 1. The number of benzene rings is 1. The Bertz CT molecular complexity index is 639. The van der Waals surface area contributed by atoms with Gasteiger partial charge >= 0.3 is 0 Å². The van der Waals surface area contributed by atoms with Crippen molar-refractivity contribution in [3.63, 3.8) is 0 Å². The molecule has 0 amide bonds. The summed E-state index contributed by atoms with van der Waals surface area (Å²) in [5, 5.41) is 4.82. The summed E-state index contributed by atoms with van der Waals surface area (Å²) in [4.78, 5) is -0.379. The van der Waals surface area contributed by atoms with Gasteiger partial charge in [-0.3, -0.25) is 0 Å². The van der Waals surface area contributed by atoms with E-state index in [1.54, 1.807) is 0 Å². The van der Waals surface area contributed by atoms with E-state index in [4.69, 9.17) is 9.88 Å². The molecule has 0 atom stereocenters. The first kappa shape index (κ1) is 14.9. The fourth-order valence-corrected chi connectivity index (χ4v) is 1.99. The van der Waals surface area contributed by atoms with Gasteiger partial charge in [0, 0.05) is 6.26 Å². The van der Waals surface area contributed by atoms with Crippen molar-refractivity contribution in [3.05, 3.63) is 24.0 Å². The Kier molecular flexibility index (Phi) is 4.30. The van der Waals surface area contributed by atoms with Crippen LogP contribution < -0.4 is 9.88 Å². The van der Waals surface area contributed by atoms with E-state index in [1.165, 1.54) is 0 Å². The Labute approximate surface area is 105 Å². The minimum Gasteiger partial charge on any atom is -0.489 e. The predicted molar refractivity (Wildman–Crippen MR) is 63.0 cm³/mol. The molecule has 0 aliphatic heterocycles. The maximum atomic E-state index is 13.4. The van der Waals surface area contributed by atoms with Gasteiger partial charge in [-0.1, -0.05) is 0 Å². The summed E-state index contributed by atoms with van der Waals surface area (Å²) in [5.41, 5.74) is 0. The van der Waals surface area contributed by atoms with Crippen molar-refractivity contribution in [2.75, 3.05) is 18.6 Å². The van der Waals surface area contributed by atoms with Gasteiger partial charge in [-0.05, 0) is 18.2 Å². The molecule has 0 heterocycles. The van der Waals surface area contributed by atoms with Crippen LogP contribution in [0.4, 0.5) is 4.39 Å². The molecule has 0 aliphatic rings. The lowest BCUT2D eigenvalue weighted by Crippen LogP contribution is -2.14. The van der Waals surface area contributed by atoms with Crippen LogP contribution >= 0.6 is 0 Å². The Morgan fingerprint density at radius 1 is 1.28 bits per heavy atom. The molecule has 102 valence electrons. The topological polar surface area (TPSA) is 104 Å². The maximum Gasteiger partial charge on any atom is 0.238 e. The summed E-state index contributed by atoms with van der Waals surface area (Å²) in [6, 6.07) is 2.87. The molecule has 0 saturated carbocycles. The number of nitrogens with two attached hydrogens (primary N) is 1. The SMILES string of the molecule is CS(=O)(=O)CCOc1ccc(S(N)(=O)=O)cc1F. The first-order chi connectivity index (χ1) is 8.09. The molecular weight excluding hydrogens is 285 g/mol. The van der Waals surface area contributed by atoms with Crippen LogP contribution in [0.25, 0.3) is 0 Å². The number of sulfone groups is 1. The average molecular weight is 297 g/mol. The summed E-state index contributed by atoms with van der Waals surface area (Å²) in [6.45, 7) is -0.218. The molecule has 0 bridgehead atoms. The number of halogens is 1. The second kappa shape index (κ2) is 5.21. The first-order valence-corrected chi connectivity index (χ1v) is 8.33. The van der Waals surface area contributed by atoms with E-state index in [1.807, 2.05) is 0 Å². The van der Waals surface area contributed by atoms with Crippen LogP contribution in [0.2, 0.25) is 0 Å². The molecule has 0 saturated heterocycles. The molecule has 0 radical (unpaired) electrons. The molecule has 0 aliphatic carbocycles. The third-order valence-corrected chi connectivity index (χ3v) is 3.76. The highest BCUT2D eigenvalue weighted by molar-refractivity contribution is 7.90. The Morgan fingerprint density at radius 2 is 1.89 bits per heavy atom. The highest BCUT2D eigenvalue weighted by Crippen LogP contribution is 2.20. The third-order valence-electron chi connectivity index (χ3n) is 1.94. The minimum absolute atomic E-state index is 0.218. The first-order valence-electron chi connectivity index (χ1n) is 4.72. The zero-order valence-electron chi connectivity index (χ0n) is 9.46. The van der Waals surface area contributed by atoms with Crippen molar-refractivity contribution >= 4 is 19.9 Å². The maximum absolute atomic E-state index is 13.4. The summed E-state index contributed by atoms with van der Waals surface area (Å²) in [5.74, 6) is -1.41. The Balaban J connectivity index is 2.81.